The fourth-order valence-corrected chi connectivity index (χ4v) is 5.92. The normalized spacial score (nSPS) is 17.0. The predicted molar refractivity (Wildman–Crippen MR) is 157 cm³/mol. The van der Waals surface area contributed by atoms with Gasteiger partial charge < -0.3 is 24.7 Å². The van der Waals surface area contributed by atoms with E-state index in [1.807, 2.05) is 33.1 Å². The van der Waals surface area contributed by atoms with Gasteiger partial charge in [-0.2, -0.15) is 0 Å². The van der Waals surface area contributed by atoms with Gasteiger partial charge in [0.2, 0.25) is 0 Å². The molecule has 0 amide bonds. The van der Waals surface area contributed by atoms with E-state index in [9.17, 15) is 5.11 Å². The lowest BCUT2D eigenvalue weighted by atomic mass is 9.83. The Morgan fingerprint density at radius 3 is 2.58 bits per heavy atom. The van der Waals surface area contributed by atoms with Crippen molar-refractivity contribution in [3.63, 3.8) is 0 Å². The molecule has 0 radical (unpaired) electrons. The summed E-state index contributed by atoms with van der Waals surface area (Å²) in [7, 11) is 1.56. The van der Waals surface area contributed by atoms with E-state index in [0.29, 0.717) is 11.5 Å². The maximum Gasteiger partial charge on any atom is 0.172 e. The minimum atomic E-state index is -0.376. The van der Waals surface area contributed by atoms with E-state index in [1.54, 1.807) is 30.6 Å². The molecule has 7 heteroatoms. The van der Waals surface area contributed by atoms with Crippen molar-refractivity contribution in [2.24, 2.45) is 5.16 Å². The third-order valence-electron chi connectivity index (χ3n) is 6.48. The molecule has 2 aliphatic rings. The van der Waals surface area contributed by atoms with Crippen LogP contribution in [0.4, 0.5) is 5.69 Å². The monoisotopic (exact) mass is 530 g/mol. The van der Waals surface area contributed by atoms with Crippen LogP contribution in [0.3, 0.4) is 0 Å². The standard InChI is InChI=1S/C31H34N2O4S/c1-17-16-31(6,7)32-21-10-9-20-27(26(17)21)24(36-23-12-11-22(34)29(35-8)28(20)23)15-25-19(13-14-38-25)18(2)33-37-30(3,4)5/h9-16,32,34H,1-8H3/b24-15-,33-18+. The second-order valence-electron chi connectivity index (χ2n) is 11.3. The summed E-state index contributed by atoms with van der Waals surface area (Å²) >= 11 is 1.62. The zero-order valence-corrected chi connectivity index (χ0v) is 24.0. The number of anilines is 1. The molecule has 0 spiro atoms. The minimum Gasteiger partial charge on any atom is -0.504 e. The van der Waals surface area contributed by atoms with Crippen LogP contribution in [-0.4, -0.2) is 29.1 Å². The lowest BCUT2D eigenvalue weighted by Gasteiger charge is -2.35. The largest absolute Gasteiger partial charge is 0.504 e. The smallest absolute Gasteiger partial charge is 0.172 e. The number of methoxy groups -OCH3 is 1. The number of aromatic hydroxyl groups is 1. The summed E-state index contributed by atoms with van der Waals surface area (Å²) in [6.45, 7) is 14.3. The summed E-state index contributed by atoms with van der Waals surface area (Å²) in [6.07, 6.45) is 4.31. The summed E-state index contributed by atoms with van der Waals surface area (Å²) in [5, 5.41) is 20.7. The van der Waals surface area contributed by atoms with Crippen LogP contribution in [0.2, 0.25) is 0 Å². The molecule has 2 N–H and O–H groups in total. The van der Waals surface area contributed by atoms with Crippen molar-refractivity contribution in [3.8, 4) is 28.4 Å². The number of hydrogen-bond donors (Lipinski definition) is 2. The molecule has 0 saturated heterocycles. The zero-order chi connectivity index (χ0) is 27.4. The van der Waals surface area contributed by atoms with Gasteiger partial charge in [-0.3, -0.25) is 0 Å². The molecule has 6 nitrogen and oxygen atoms in total. The number of phenols is 1. The zero-order valence-electron chi connectivity index (χ0n) is 23.1. The highest BCUT2D eigenvalue weighted by Gasteiger charge is 2.33. The molecule has 0 saturated carbocycles. The molecule has 0 bridgehead atoms. The molecular weight excluding hydrogens is 496 g/mol. The van der Waals surface area contributed by atoms with Gasteiger partial charge in [0.1, 0.15) is 17.1 Å². The second kappa shape index (κ2) is 9.24. The first-order valence-electron chi connectivity index (χ1n) is 12.6. The van der Waals surface area contributed by atoms with Crippen molar-refractivity contribution in [2.45, 2.75) is 59.6 Å². The molecule has 1 aromatic heterocycles. The van der Waals surface area contributed by atoms with Gasteiger partial charge in [0, 0.05) is 32.8 Å². The molecule has 5 rings (SSSR count). The topological polar surface area (TPSA) is 72.3 Å². The summed E-state index contributed by atoms with van der Waals surface area (Å²) in [4.78, 5) is 6.71. The molecule has 0 unspecified atom stereocenters. The van der Waals surface area contributed by atoms with Gasteiger partial charge in [-0.1, -0.05) is 17.3 Å². The summed E-state index contributed by atoms with van der Waals surface area (Å²) in [5.74, 6) is 1.82. The van der Waals surface area contributed by atoms with Gasteiger partial charge in [0.05, 0.1) is 23.9 Å². The van der Waals surface area contributed by atoms with Crippen LogP contribution in [0.1, 0.15) is 70.0 Å². The SMILES string of the molecule is COc1c(O)ccc2c1-c1ccc3c(c1/C(=C/c1sccc1/C(C)=N/OC(C)(C)C)O2)C(C)=CC(C)(C)N3. The number of fused-ring (bicyclic) bond motifs is 5. The average Bonchev–Trinajstić information content (AvgIpc) is 3.29. The summed E-state index contributed by atoms with van der Waals surface area (Å²) in [5.41, 5.74) is 7.13. The Bertz CT molecular complexity index is 1520. The fourth-order valence-electron chi connectivity index (χ4n) is 5.05. The quantitative estimate of drug-likeness (QED) is 0.263. The van der Waals surface area contributed by atoms with E-state index in [1.165, 1.54) is 0 Å². The Hall–Kier alpha value is -3.71. The van der Waals surface area contributed by atoms with Crippen LogP contribution in [0.15, 0.2) is 46.9 Å². The van der Waals surface area contributed by atoms with E-state index >= 15 is 0 Å². The maximum absolute atomic E-state index is 10.6. The first-order chi connectivity index (χ1) is 17.9. The Labute approximate surface area is 228 Å². The molecule has 0 aliphatic carbocycles. The molecule has 0 atom stereocenters. The minimum absolute atomic E-state index is 0.0729. The number of hydrogen-bond acceptors (Lipinski definition) is 7. The predicted octanol–water partition coefficient (Wildman–Crippen LogP) is 8.17. The fraction of sp³-hybridized carbons (Fsp3) is 0.323. The van der Waals surface area contributed by atoms with Crippen LogP contribution in [0.25, 0.3) is 28.5 Å². The van der Waals surface area contributed by atoms with Gasteiger partial charge in [-0.15, -0.1) is 11.3 Å². The van der Waals surface area contributed by atoms with Gasteiger partial charge >= 0.3 is 0 Å². The molecule has 2 aromatic carbocycles. The van der Waals surface area contributed by atoms with Crippen molar-refractivity contribution < 1.29 is 19.4 Å². The third-order valence-corrected chi connectivity index (χ3v) is 7.34. The summed E-state index contributed by atoms with van der Waals surface area (Å²) < 4.78 is 12.2. The number of thiophene rings is 1. The van der Waals surface area contributed by atoms with E-state index in [2.05, 4.69) is 61.6 Å². The Kier molecular flexibility index (Phi) is 6.30. The molecule has 3 aromatic rings. The highest BCUT2D eigenvalue weighted by molar-refractivity contribution is 7.11. The van der Waals surface area contributed by atoms with E-state index in [4.69, 9.17) is 14.3 Å². The van der Waals surface area contributed by atoms with Gasteiger partial charge in [0.25, 0.3) is 0 Å². The number of phenolic OH excluding ortho intramolecular Hbond substituents is 1. The lowest BCUT2D eigenvalue weighted by Crippen LogP contribution is -2.32. The van der Waals surface area contributed by atoms with Crippen LogP contribution in [0.5, 0.6) is 17.2 Å². The maximum atomic E-state index is 10.6. The van der Waals surface area contributed by atoms with Crippen molar-refractivity contribution >= 4 is 40.1 Å². The van der Waals surface area contributed by atoms with Crippen LogP contribution >= 0.6 is 11.3 Å². The van der Waals surface area contributed by atoms with Gasteiger partial charge in [-0.25, -0.2) is 0 Å². The first-order valence-corrected chi connectivity index (χ1v) is 13.5. The van der Waals surface area contributed by atoms with Gasteiger partial charge in [-0.05, 0) is 89.8 Å². The van der Waals surface area contributed by atoms with Crippen LogP contribution in [0, 0.1) is 0 Å². The van der Waals surface area contributed by atoms with Crippen molar-refractivity contribution in [2.75, 3.05) is 12.4 Å². The molecule has 38 heavy (non-hydrogen) atoms. The molecule has 0 fully saturated rings. The van der Waals surface area contributed by atoms with E-state index in [0.717, 1.165) is 55.4 Å². The van der Waals surface area contributed by atoms with E-state index < -0.39 is 0 Å². The Morgan fingerprint density at radius 1 is 1.11 bits per heavy atom. The van der Waals surface area contributed by atoms with Crippen LogP contribution in [-0.2, 0) is 4.84 Å². The van der Waals surface area contributed by atoms with Crippen molar-refractivity contribution in [1.29, 1.82) is 0 Å². The number of ether oxygens (including phenoxy) is 2. The number of oxime groups is 1. The highest BCUT2D eigenvalue weighted by Crippen LogP contribution is 2.54. The molecule has 198 valence electrons. The van der Waals surface area contributed by atoms with Crippen LogP contribution < -0.4 is 14.8 Å². The highest BCUT2D eigenvalue weighted by atomic mass is 32.1. The number of allylic oxidation sites excluding steroid dienone is 1. The Balaban J connectivity index is 1.74. The van der Waals surface area contributed by atoms with E-state index in [-0.39, 0.29) is 16.9 Å². The number of nitrogens with zero attached hydrogens (tertiary/aromatic N) is 1. The first kappa shape index (κ1) is 25.9. The number of nitrogens with one attached hydrogen (secondary N) is 1. The average molecular weight is 531 g/mol. The molecule has 3 heterocycles. The molecule has 2 aliphatic heterocycles. The number of benzene rings is 2. The van der Waals surface area contributed by atoms with Crippen molar-refractivity contribution in [1.82, 2.24) is 0 Å². The Morgan fingerprint density at radius 2 is 1.87 bits per heavy atom. The number of rotatable bonds is 4. The van der Waals surface area contributed by atoms with Crippen molar-refractivity contribution in [3.05, 3.63) is 63.4 Å². The van der Waals surface area contributed by atoms with Gasteiger partial charge in [0.15, 0.2) is 11.5 Å². The summed E-state index contributed by atoms with van der Waals surface area (Å²) in [6, 6.07) is 9.61. The third kappa shape index (κ3) is 4.67. The molecular formula is C31H34N2O4S. The second-order valence-corrected chi connectivity index (χ2v) is 12.2. The lowest BCUT2D eigenvalue weighted by molar-refractivity contribution is 0.000956.